The minimum Gasteiger partial charge on any atom is -0.370 e. The van der Waals surface area contributed by atoms with E-state index in [-0.39, 0.29) is 6.04 Å². The van der Waals surface area contributed by atoms with Gasteiger partial charge in [0, 0.05) is 31.9 Å². The van der Waals surface area contributed by atoms with Crippen molar-refractivity contribution in [3.8, 4) is 0 Å². The molecule has 0 aromatic carbocycles. The third kappa shape index (κ3) is 4.24. The average molecular weight is 266 g/mol. The molecule has 1 rings (SSSR count). The van der Waals surface area contributed by atoms with Crippen LogP contribution in [0.15, 0.2) is 17.4 Å². The molecule has 0 radical (unpaired) electrons. The van der Waals surface area contributed by atoms with Crippen LogP contribution in [-0.4, -0.2) is 59.3 Å². The Balaban J connectivity index is 2.78. The summed E-state index contributed by atoms with van der Waals surface area (Å²) >= 11 is 0. The highest BCUT2D eigenvalue weighted by molar-refractivity contribution is 5.78. The molecule has 108 valence electrons. The molecule has 6 nitrogen and oxygen atoms in total. The van der Waals surface area contributed by atoms with Crippen LogP contribution in [0.4, 0.5) is 0 Å². The van der Waals surface area contributed by atoms with Crippen LogP contribution in [0.2, 0.25) is 0 Å². The molecule has 0 saturated carbocycles. The summed E-state index contributed by atoms with van der Waals surface area (Å²) in [4.78, 5) is 8.70. The number of rotatable bonds is 6. The zero-order valence-corrected chi connectivity index (χ0v) is 12.7. The number of nitrogens with two attached hydrogens (primary N) is 1. The number of nitrogens with zero attached hydrogens (tertiary/aromatic N) is 5. The van der Waals surface area contributed by atoms with Gasteiger partial charge in [0.05, 0.1) is 18.8 Å². The van der Waals surface area contributed by atoms with Gasteiger partial charge in [-0.15, -0.1) is 0 Å². The van der Waals surface area contributed by atoms with Crippen LogP contribution in [0.5, 0.6) is 0 Å². The quantitative estimate of drug-likeness (QED) is 0.607. The van der Waals surface area contributed by atoms with Gasteiger partial charge in [-0.1, -0.05) is 0 Å². The molecule has 1 aromatic rings. The Morgan fingerprint density at radius 2 is 2.05 bits per heavy atom. The number of aromatic nitrogens is 2. The molecule has 0 saturated heterocycles. The lowest BCUT2D eigenvalue weighted by molar-refractivity contribution is 0.305. The lowest BCUT2D eigenvalue weighted by Gasteiger charge is -2.23. The second-order valence-electron chi connectivity index (χ2n) is 4.80. The molecule has 0 aliphatic rings. The predicted molar refractivity (Wildman–Crippen MR) is 79.0 cm³/mol. The monoisotopic (exact) mass is 266 g/mol. The van der Waals surface area contributed by atoms with E-state index in [0.29, 0.717) is 12.5 Å². The van der Waals surface area contributed by atoms with E-state index in [4.69, 9.17) is 5.73 Å². The molecule has 1 aromatic heterocycles. The van der Waals surface area contributed by atoms with Crippen molar-refractivity contribution in [2.24, 2.45) is 17.8 Å². The maximum atomic E-state index is 6.01. The molecule has 1 heterocycles. The fourth-order valence-corrected chi connectivity index (χ4v) is 2.01. The van der Waals surface area contributed by atoms with Gasteiger partial charge < -0.3 is 15.5 Å². The SMILES string of the molecule is CCN(CC)C(N)=NCC(c1cnn(C)c1)N(C)C. The topological polar surface area (TPSA) is 62.7 Å². The van der Waals surface area contributed by atoms with E-state index in [2.05, 4.69) is 33.7 Å². The van der Waals surface area contributed by atoms with Crippen LogP contribution in [-0.2, 0) is 7.05 Å². The Bertz CT molecular complexity index is 405. The number of hydrogen-bond donors (Lipinski definition) is 1. The lowest BCUT2D eigenvalue weighted by atomic mass is 10.1. The van der Waals surface area contributed by atoms with Crippen molar-refractivity contribution in [3.63, 3.8) is 0 Å². The van der Waals surface area contributed by atoms with E-state index in [0.717, 1.165) is 18.7 Å². The van der Waals surface area contributed by atoms with Gasteiger partial charge >= 0.3 is 0 Å². The van der Waals surface area contributed by atoms with Crippen molar-refractivity contribution < 1.29 is 0 Å². The maximum absolute atomic E-state index is 6.01. The number of guanidine groups is 1. The molecule has 1 atom stereocenters. The van der Waals surface area contributed by atoms with E-state index in [1.54, 1.807) is 0 Å². The van der Waals surface area contributed by atoms with Crippen LogP contribution >= 0.6 is 0 Å². The lowest BCUT2D eigenvalue weighted by Crippen LogP contribution is -2.37. The molecule has 0 aliphatic carbocycles. The van der Waals surface area contributed by atoms with Gasteiger partial charge in [-0.25, -0.2) is 0 Å². The maximum Gasteiger partial charge on any atom is 0.191 e. The Kier molecular flexibility index (Phi) is 5.82. The average Bonchev–Trinajstić information content (AvgIpc) is 2.77. The molecule has 0 spiro atoms. The van der Waals surface area contributed by atoms with Crippen LogP contribution in [0.1, 0.15) is 25.5 Å². The fourth-order valence-electron chi connectivity index (χ4n) is 2.01. The molecule has 1 unspecified atom stereocenters. The minimum atomic E-state index is 0.197. The Morgan fingerprint density at radius 3 is 2.47 bits per heavy atom. The molecule has 0 fully saturated rings. The summed E-state index contributed by atoms with van der Waals surface area (Å²) in [5.41, 5.74) is 7.16. The van der Waals surface area contributed by atoms with Gasteiger partial charge in [0.15, 0.2) is 5.96 Å². The number of aryl methyl sites for hydroxylation is 1. The van der Waals surface area contributed by atoms with Gasteiger partial charge in [0.2, 0.25) is 0 Å². The highest BCUT2D eigenvalue weighted by Crippen LogP contribution is 2.17. The predicted octanol–water partition coefficient (Wildman–Crippen LogP) is 0.679. The standard InChI is InChI=1S/C13H26N6/c1-6-19(7-2)13(14)15-9-12(17(3)4)11-8-16-18(5)10-11/h8,10,12H,6-7,9H2,1-5H3,(H2,14,15). The third-order valence-corrected chi connectivity index (χ3v) is 3.25. The van der Waals surface area contributed by atoms with Gasteiger partial charge in [-0.3, -0.25) is 9.67 Å². The summed E-state index contributed by atoms with van der Waals surface area (Å²) in [6.07, 6.45) is 3.90. The Hall–Kier alpha value is -1.56. The highest BCUT2D eigenvalue weighted by atomic mass is 15.3. The van der Waals surface area contributed by atoms with Crippen molar-refractivity contribution >= 4 is 5.96 Å². The van der Waals surface area contributed by atoms with E-state index in [1.807, 2.05) is 38.2 Å². The zero-order valence-electron chi connectivity index (χ0n) is 12.7. The summed E-state index contributed by atoms with van der Waals surface area (Å²) < 4.78 is 1.81. The van der Waals surface area contributed by atoms with E-state index >= 15 is 0 Å². The van der Waals surface area contributed by atoms with Crippen LogP contribution in [0.25, 0.3) is 0 Å². The second kappa shape index (κ2) is 7.13. The number of hydrogen-bond acceptors (Lipinski definition) is 3. The molecular formula is C13H26N6. The smallest absolute Gasteiger partial charge is 0.191 e. The summed E-state index contributed by atoms with van der Waals surface area (Å²) in [5, 5.41) is 4.21. The largest absolute Gasteiger partial charge is 0.370 e. The summed E-state index contributed by atoms with van der Waals surface area (Å²) in [6.45, 7) is 6.56. The van der Waals surface area contributed by atoms with Crippen molar-refractivity contribution in [1.29, 1.82) is 0 Å². The van der Waals surface area contributed by atoms with Crippen molar-refractivity contribution in [3.05, 3.63) is 18.0 Å². The summed E-state index contributed by atoms with van der Waals surface area (Å²) in [7, 11) is 6.01. The fraction of sp³-hybridized carbons (Fsp3) is 0.692. The van der Waals surface area contributed by atoms with E-state index in [9.17, 15) is 0 Å². The molecule has 2 N–H and O–H groups in total. The highest BCUT2D eigenvalue weighted by Gasteiger charge is 2.15. The molecular weight excluding hydrogens is 240 g/mol. The first-order valence-electron chi connectivity index (χ1n) is 6.69. The van der Waals surface area contributed by atoms with Gasteiger partial charge in [0.1, 0.15) is 0 Å². The van der Waals surface area contributed by atoms with Crippen LogP contribution < -0.4 is 5.73 Å². The van der Waals surface area contributed by atoms with Gasteiger partial charge in [-0.2, -0.15) is 5.10 Å². The summed E-state index contributed by atoms with van der Waals surface area (Å²) in [6, 6.07) is 0.197. The third-order valence-electron chi connectivity index (χ3n) is 3.25. The number of aliphatic imine (C=N–C) groups is 1. The second-order valence-corrected chi connectivity index (χ2v) is 4.80. The zero-order chi connectivity index (χ0) is 14.4. The van der Waals surface area contributed by atoms with E-state index in [1.165, 1.54) is 0 Å². The molecule has 19 heavy (non-hydrogen) atoms. The van der Waals surface area contributed by atoms with E-state index < -0.39 is 0 Å². The van der Waals surface area contributed by atoms with Crippen molar-refractivity contribution in [2.75, 3.05) is 33.7 Å². The van der Waals surface area contributed by atoms with Gasteiger partial charge in [0.25, 0.3) is 0 Å². The molecule has 0 bridgehead atoms. The first-order chi connectivity index (χ1) is 8.99. The van der Waals surface area contributed by atoms with Crippen LogP contribution in [0, 0.1) is 0 Å². The normalized spacial score (nSPS) is 13.9. The Morgan fingerprint density at radius 1 is 1.42 bits per heavy atom. The first-order valence-corrected chi connectivity index (χ1v) is 6.69. The molecule has 0 amide bonds. The van der Waals surface area contributed by atoms with Crippen molar-refractivity contribution in [2.45, 2.75) is 19.9 Å². The van der Waals surface area contributed by atoms with Crippen molar-refractivity contribution in [1.82, 2.24) is 19.6 Å². The molecule has 6 heteroatoms. The Labute approximate surface area is 115 Å². The minimum absolute atomic E-state index is 0.197. The molecule has 0 aliphatic heterocycles. The first kappa shape index (κ1) is 15.5. The van der Waals surface area contributed by atoms with Gasteiger partial charge in [-0.05, 0) is 27.9 Å². The van der Waals surface area contributed by atoms with Crippen LogP contribution in [0.3, 0.4) is 0 Å². The number of likely N-dealkylation sites (N-methyl/N-ethyl adjacent to an activating group) is 1. The summed E-state index contributed by atoms with van der Waals surface area (Å²) in [5.74, 6) is 0.612.